The number of aromatic nitrogens is 4. The fourth-order valence-electron chi connectivity index (χ4n) is 3.55. The summed E-state index contributed by atoms with van der Waals surface area (Å²) in [6.07, 6.45) is 0.598. The van der Waals surface area contributed by atoms with Crippen LogP contribution < -0.4 is 5.32 Å². The first-order valence-electron chi connectivity index (χ1n) is 10.2. The van der Waals surface area contributed by atoms with Crippen LogP contribution >= 0.6 is 11.8 Å². The highest BCUT2D eigenvalue weighted by molar-refractivity contribution is 8.00. The minimum absolute atomic E-state index is 0.0448. The summed E-state index contributed by atoms with van der Waals surface area (Å²) in [7, 11) is 0. The molecule has 4 rings (SSSR count). The smallest absolute Gasteiger partial charge is 0.237 e. The zero-order chi connectivity index (χ0) is 22.0. The van der Waals surface area contributed by atoms with Crippen LogP contribution in [0.5, 0.6) is 0 Å². The molecule has 4 aromatic rings. The van der Waals surface area contributed by atoms with Gasteiger partial charge in [-0.25, -0.2) is 4.98 Å². The first-order valence-corrected chi connectivity index (χ1v) is 11.1. The number of thioether (sulfide) groups is 1. The number of para-hydroxylation sites is 1. The van der Waals surface area contributed by atoms with Crippen LogP contribution in [0.3, 0.4) is 0 Å². The summed E-state index contributed by atoms with van der Waals surface area (Å²) >= 11 is 1.29. The van der Waals surface area contributed by atoms with Gasteiger partial charge >= 0.3 is 0 Å². The zero-order valence-corrected chi connectivity index (χ0v) is 18.4. The van der Waals surface area contributed by atoms with Gasteiger partial charge in [0.1, 0.15) is 5.52 Å². The lowest BCUT2D eigenvalue weighted by Gasteiger charge is -2.14. The van der Waals surface area contributed by atoms with Crippen molar-refractivity contribution >= 4 is 51.2 Å². The average molecular weight is 434 g/mol. The summed E-state index contributed by atoms with van der Waals surface area (Å²) in [6.45, 7) is 6.27. The molecule has 1 atom stereocenters. The van der Waals surface area contributed by atoms with Crippen LogP contribution in [0.15, 0.2) is 53.7 Å². The molecule has 0 bridgehead atoms. The number of carbonyl (C=O) groups is 2. The molecule has 2 aromatic heterocycles. The van der Waals surface area contributed by atoms with Crippen LogP contribution in [0.4, 0.5) is 5.69 Å². The summed E-state index contributed by atoms with van der Waals surface area (Å²) in [5.74, 6) is -0.204. The van der Waals surface area contributed by atoms with E-state index in [1.54, 1.807) is 24.3 Å². The zero-order valence-electron chi connectivity index (χ0n) is 17.6. The summed E-state index contributed by atoms with van der Waals surface area (Å²) in [5.41, 5.74) is 3.76. The molecule has 8 heteroatoms. The third-order valence-corrected chi connectivity index (χ3v) is 6.33. The van der Waals surface area contributed by atoms with Crippen molar-refractivity contribution in [3.63, 3.8) is 0 Å². The SMILES string of the molecule is CCC(Sc1nnc2c3ccccc3n(CC)c2n1)C(=O)Nc1cccc(C(C)=O)c1. The van der Waals surface area contributed by atoms with Crippen LogP contribution in [-0.4, -0.2) is 36.7 Å². The van der Waals surface area contributed by atoms with Gasteiger partial charge in [0, 0.05) is 23.2 Å². The second-order valence-corrected chi connectivity index (χ2v) is 8.34. The molecule has 0 aliphatic rings. The topological polar surface area (TPSA) is 89.8 Å². The van der Waals surface area contributed by atoms with Crippen molar-refractivity contribution in [3.8, 4) is 0 Å². The first kappa shape index (κ1) is 21.0. The Kier molecular flexibility index (Phi) is 5.99. The van der Waals surface area contributed by atoms with E-state index in [9.17, 15) is 9.59 Å². The molecule has 1 N–H and O–H groups in total. The van der Waals surface area contributed by atoms with E-state index in [4.69, 9.17) is 4.98 Å². The normalized spacial score (nSPS) is 12.2. The number of amides is 1. The van der Waals surface area contributed by atoms with E-state index in [0.717, 1.165) is 28.6 Å². The monoisotopic (exact) mass is 433 g/mol. The van der Waals surface area contributed by atoms with Gasteiger partial charge in [-0.2, -0.15) is 0 Å². The highest BCUT2D eigenvalue weighted by Gasteiger charge is 2.21. The molecular formula is C23H23N5O2S. The van der Waals surface area contributed by atoms with Crippen molar-refractivity contribution in [2.45, 2.75) is 44.1 Å². The molecule has 0 aliphatic heterocycles. The van der Waals surface area contributed by atoms with E-state index in [0.29, 0.717) is 22.8 Å². The lowest BCUT2D eigenvalue weighted by atomic mass is 10.1. The number of anilines is 1. The number of ketones is 1. The van der Waals surface area contributed by atoms with E-state index in [1.807, 2.05) is 31.2 Å². The molecule has 2 heterocycles. The van der Waals surface area contributed by atoms with Crippen molar-refractivity contribution in [3.05, 3.63) is 54.1 Å². The Morgan fingerprint density at radius 3 is 2.65 bits per heavy atom. The predicted octanol–water partition coefficient (Wildman–Crippen LogP) is 4.71. The Morgan fingerprint density at radius 2 is 1.90 bits per heavy atom. The minimum Gasteiger partial charge on any atom is -0.325 e. The Labute approximate surface area is 184 Å². The third-order valence-electron chi connectivity index (χ3n) is 5.12. The molecule has 31 heavy (non-hydrogen) atoms. The average Bonchev–Trinajstić information content (AvgIpc) is 3.10. The molecule has 0 fully saturated rings. The van der Waals surface area contributed by atoms with E-state index in [2.05, 4.69) is 27.0 Å². The largest absolute Gasteiger partial charge is 0.325 e. The van der Waals surface area contributed by atoms with E-state index in [1.165, 1.54) is 18.7 Å². The number of Topliss-reactive ketones (excluding diaryl/α,β-unsaturated/α-hetero) is 1. The van der Waals surface area contributed by atoms with Crippen LogP contribution in [0.1, 0.15) is 37.6 Å². The lowest BCUT2D eigenvalue weighted by Crippen LogP contribution is -2.25. The molecule has 0 spiro atoms. The fraction of sp³-hybridized carbons (Fsp3) is 0.261. The maximum atomic E-state index is 12.9. The number of rotatable bonds is 7. The molecule has 2 aromatic carbocycles. The van der Waals surface area contributed by atoms with Crippen molar-refractivity contribution in [2.24, 2.45) is 0 Å². The molecule has 158 valence electrons. The van der Waals surface area contributed by atoms with Gasteiger partial charge < -0.3 is 9.88 Å². The van der Waals surface area contributed by atoms with Gasteiger partial charge in [-0.05, 0) is 38.5 Å². The van der Waals surface area contributed by atoms with Crippen LogP contribution in [0.25, 0.3) is 22.1 Å². The summed E-state index contributed by atoms with van der Waals surface area (Å²) < 4.78 is 2.11. The van der Waals surface area contributed by atoms with E-state index < -0.39 is 0 Å². The van der Waals surface area contributed by atoms with Gasteiger partial charge in [0.25, 0.3) is 0 Å². The first-order chi connectivity index (χ1) is 15.0. The minimum atomic E-state index is -0.389. The number of hydrogen-bond donors (Lipinski definition) is 1. The van der Waals surface area contributed by atoms with Crippen molar-refractivity contribution < 1.29 is 9.59 Å². The van der Waals surface area contributed by atoms with E-state index >= 15 is 0 Å². The Bertz CT molecular complexity index is 1280. The van der Waals surface area contributed by atoms with E-state index in [-0.39, 0.29) is 16.9 Å². The van der Waals surface area contributed by atoms with Crippen molar-refractivity contribution in [1.29, 1.82) is 0 Å². The quantitative estimate of drug-likeness (QED) is 0.335. The summed E-state index contributed by atoms with van der Waals surface area (Å²) in [5, 5.41) is 12.7. The molecular weight excluding hydrogens is 410 g/mol. The number of aryl methyl sites for hydroxylation is 1. The van der Waals surface area contributed by atoms with Gasteiger partial charge in [0.05, 0.1) is 10.8 Å². The number of nitrogens with one attached hydrogen (secondary N) is 1. The van der Waals surface area contributed by atoms with Crippen molar-refractivity contribution in [1.82, 2.24) is 19.7 Å². The second kappa shape index (κ2) is 8.85. The highest BCUT2D eigenvalue weighted by Crippen LogP contribution is 2.29. The molecule has 1 unspecified atom stereocenters. The van der Waals surface area contributed by atoms with Gasteiger partial charge in [-0.1, -0.05) is 49.0 Å². The van der Waals surface area contributed by atoms with Crippen LogP contribution in [-0.2, 0) is 11.3 Å². The van der Waals surface area contributed by atoms with Gasteiger partial charge in [-0.15, -0.1) is 10.2 Å². The Hall–Kier alpha value is -3.26. The van der Waals surface area contributed by atoms with Crippen LogP contribution in [0, 0.1) is 0 Å². The maximum absolute atomic E-state index is 12.9. The molecule has 0 aliphatic carbocycles. The summed E-state index contributed by atoms with van der Waals surface area (Å²) in [4.78, 5) is 29.2. The van der Waals surface area contributed by atoms with Gasteiger partial charge in [0.2, 0.25) is 11.1 Å². The van der Waals surface area contributed by atoms with Crippen molar-refractivity contribution in [2.75, 3.05) is 5.32 Å². The molecule has 0 saturated heterocycles. The highest BCUT2D eigenvalue weighted by atomic mass is 32.2. The molecule has 7 nitrogen and oxygen atoms in total. The number of hydrogen-bond acceptors (Lipinski definition) is 6. The number of carbonyl (C=O) groups excluding carboxylic acids is 2. The van der Waals surface area contributed by atoms with Crippen LogP contribution in [0.2, 0.25) is 0 Å². The Balaban J connectivity index is 1.59. The number of fused-ring (bicyclic) bond motifs is 3. The Morgan fingerprint density at radius 1 is 1.10 bits per heavy atom. The fourth-order valence-corrected chi connectivity index (χ4v) is 4.36. The lowest BCUT2D eigenvalue weighted by molar-refractivity contribution is -0.115. The summed E-state index contributed by atoms with van der Waals surface area (Å²) in [6, 6.07) is 15.0. The van der Waals surface area contributed by atoms with Gasteiger partial charge in [-0.3, -0.25) is 9.59 Å². The van der Waals surface area contributed by atoms with Gasteiger partial charge in [0.15, 0.2) is 11.4 Å². The number of benzene rings is 2. The predicted molar refractivity (Wildman–Crippen MR) is 124 cm³/mol. The molecule has 1 amide bonds. The third kappa shape index (κ3) is 4.16. The second-order valence-electron chi connectivity index (χ2n) is 7.17. The molecule has 0 saturated carbocycles. The maximum Gasteiger partial charge on any atom is 0.237 e. The number of nitrogens with zero attached hydrogens (tertiary/aromatic N) is 4. The molecule has 0 radical (unpaired) electrons. The standard InChI is InChI=1S/C23H23N5O2S/c1-4-19(22(30)24-16-10-8-9-15(13-16)14(3)29)31-23-25-21-20(26-27-23)17-11-6-7-12-18(17)28(21)5-2/h6-13,19H,4-5H2,1-3H3,(H,24,30).